The van der Waals surface area contributed by atoms with Gasteiger partial charge in [0.15, 0.2) is 0 Å². The highest BCUT2D eigenvalue weighted by atomic mass is 16.4. The maximum atomic E-state index is 12.4. The molecule has 1 fully saturated rings. The van der Waals surface area contributed by atoms with Gasteiger partial charge in [-0.2, -0.15) is 0 Å². The molecule has 0 aromatic heterocycles. The summed E-state index contributed by atoms with van der Waals surface area (Å²) in [6.45, 7) is 8.49. The summed E-state index contributed by atoms with van der Waals surface area (Å²) in [7, 11) is 0. The van der Waals surface area contributed by atoms with E-state index < -0.39 is 12.0 Å². The zero-order valence-electron chi connectivity index (χ0n) is 15.9. The van der Waals surface area contributed by atoms with Gasteiger partial charge in [0, 0.05) is 12.1 Å². The van der Waals surface area contributed by atoms with E-state index >= 15 is 0 Å². The van der Waals surface area contributed by atoms with Crippen LogP contribution in [0.15, 0.2) is 24.3 Å². The molecule has 0 saturated carbocycles. The highest BCUT2D eigenvalue weighted by Crippen LogP contribution is 2.23. The molecule has 1 heterocycles. The monoisotopic (exact) mass is 360 g/mol. The van der Waals surface area contributed by atoms with Crippen molar-refractivity contribution in [3.8, 4) is 0 Å². The zero-order valence-corrected chi connectivity index (χ0v) is 15.9. The average Bonchev–Trinajstić information content (AvgIpc) is 2.58. The van der Waals surface area contributed by atoms with Crippen LogP contribution in [0, 0.1) is 5.92 Å². The molecule has 26 heavy (non-hydrogen) atoms. The first-order valence-corrected chi connectivity index (χ1v) is 9.00. The van der Waals surface area contributed by atoms with Gasteiger partial charge in [-0.1, -0.05) is 39.8 Å². The Morgan fingerprint density at radius 2 is 1.81 bits per heavy atom. The molecule has 2 atom stereocenters. The van der Waals surface area contributed by atoms with Gasteiger partial charge in [-0.3, -0.25) is 9.59 Å². The predicted octanol–water partition coefficient (Wildman–Crippen LogP) is 2.43. The Bertz CT molecular complexity index is 676. The average molecular weight is 360 g/mol. The molecule has 0 radical (unpaired) electrons. The maximum absolute atomic E-state index is 12.4. The van der Waals surface area contributed by atoms with E-state index in [1.165, 1.54) is 4.90 Å². The molecule has 2 rings (SSSR count). The van der Waals surface area contributed by atoms with Crippen molar-refractivity contribution in [2.24, 2.45) is 5.92 Å². The fraction of sp³-hybridized carbons (Fsp3) is 0.550. The SMILES string of the molecule is CC1CCN(C(=O)CNC(=O)c2ccc(C(C)(C)C)cc2)C(C(=O)O)C1. The normalized spacial score (nSPS) is 20.5. The summed E-state index contributed by atoms with van der Waals surface area (Å²) in [5.74, 6) is -1.41. The molecule has 1 saturated heterocycles. The highest BCUT2D eigenvalue weighted by molar-refractivity contribution is 5.97. The lowest BCUT2D eigenvalue weighted by molar-refractivity contribution is -0.152. The molecule has 1 aliphatic heterocycles. The topological polar surface area (TPSA) is 86.7 Å². The minimum atomic E-state index is -0.992. The third-order valence-electron chi connectivity index (χ3n) is 4.88. The number of hydrogen-bond donors (Lipinski definition) is 2. The van der Waals surface area contributed by atoms with Crippen LogP contribution in [-0.4, -0.2) is 46.9 Å². The molecule has 0 aliphatic carbocycles. The number of nitrogens with one attached hydrogen (secondary N) is 1. The lowest BCUT2D eigenvalue weighted by Gasteiger charge is -2.36. The van der Waals surface area contributed by atoms with Crippen molar-refractivity contribution >= 4 is 17.8 Å². The van der Waals surface area contributed by atoms with Crippen molar-refractivity contribution in [1.82, 2.24) is 10.2 Å². The molecular formula is C20H28N2O4. The summed E-state index contributed by atoms with van der Waals surface area (Å²) < 4.78 is 0. The summed E-state index contributed by atoms with van der Waals surface area (Å²) in [6, 6.07) is 6.48. The number of hydrogen-bond acceptors (Lipinski definition) is 3. The minimum absolute atomic E-state index is 0.00220. The van der Waals surface area contributed by atoms with Crippen LogP contribution in [0.5, 0.6) is 0 Å². The molecule has 2 N–H and O–H groups in total. The van der Waals surface area contributed by atoms with E-state index in [0.717, 1.165) is 12.0 Å². The van der Waals surface area contributed by atoms with Crippen LogP contribution < -0.4 is 5.32 Å². The molecule has 6 nitrogen and oxygen atoms in total. The van der Waals surface area contributed by atoms with E-state index in [1.807, 2.05) is 19.1 Å². The van der Waals surface area contributed by atoms with Gasteiger partial charge in [-0.25, -0.2) is 4.79 Å². The third kappa shape index (κ3) is 4.84. The molecule has 6 heteroatoms. The van der Waals surface area contributed by atoms with Crippen LogP contribution in [0.3, 0.4) is 0 Å². The van der Waals surface area contributed by atoms with Gasteiger partial charge in [-0.15, -0.1) is 0 Å². The standard InChI is InChI=1S/C20H28N2O4/c1-13-9-10-22(16(11-13)19(25)26)17(23)12-21-18(24)14-5-7-15(8-6-14)20(2,3)4/h5-8,13,16H,9-12H2,1-4H3,(H,21,24)(H,25,26). The van der Waals surface area contributed by atoms with Crippen molar-refractivity contribution in [1.29, 1.82) is 0 Å². The van der Waals surface area contributed by atoms with Crippen LogP contribution >= 0.6 is 0 Å². The second-order valence-electron chi connectivity index (χ2n) is 8.08. The van der Waals surface area contributed by atoms with Crippen LogP contribution in [0.4, 0.5) is 0 Å². The Hall–Kier alpha value is -2.37. The van der Waals surface area contributed by atoms with Crippen LogP contribution in [0.25, 0.3) is 0 Å². The molecule has 0 spiro atoms. The lowest BCUT2D eigenvalue weighted by atomic mass is 9.87. The Balaban J connectivity index is 1.96. The van der Waals surface area contributed by atoms with Crippen molar-refractivity contribution in [3.05, 3.63) is 35.4 Å². The fourth-order valence-electron chi connectivity index (χ4n) is 3.16. The van der Waals surface area contributed by atoms with Gasteiger partial charge in [0.25, 0.3) is 5.91 Å². The van der Waals surface area contributed by atoms with E-state index in [9.17, 15) is 19.5 Å². The number of carboxylic acids is 1. The quantitative estimate of drug-likeness (QED) is 0.863. The Morgan fingerprint density at radius 1 is 1.19 bits per heavy atom. The van der Waals surface area contributed by atoms with Crippen molar-refractivity contribution in [3.63, 3.8) is 0 Å². The Labute approximate surface area is 154 Å². The van der Waals surface area contributed by atoms with E-state index in [0.29, 0.717) is 18.5 Å². The zero-order chi connectivity index (χ0) is 19.5. The second kappa shape index (κ2) is 7.89. The first-order valence-electron chi connectivity index (χ1n) is 9.00. The largest absolute Gasteiger partial charge is 0.480 e. The van der Waals surface area contributed by atoms with E-state index in [4.69, 9.17) is 0 Å². The van der Waals surface area contributed by atoms with Crippen LogP contribution in [0.1, 0.15) is 56.5 Å². The number of likely N-dealkylation sites (tertiary alicyclic amines) is 1. The number of amides is 2. The Morgan fingerprint density at radius 3 is 2.35 bits per heavy atom. The van der Waals surface area contributed by atoms with Gasteiger partial charge in [0.1, 0.15) is 6.04 Å². The summed E-state index contributed by atoms with van der Waals surface area (Å²) in [5.41, 5.74) is 1.60. The van der Waals surface area contributed by atoms with Gasteiger partial charge < -0.3 is 15.3 Å². The van der Waals surface area contributed by atoms with Crippen molar-refractivity contribution < 1.29 is 19.5 Å². The molecule has 2 unspecified atom stereocenters. The number of carbonyl (C=O) groups excluding carboxylic acids is 2. The molecular weight excluding hydrogens is 332 g/mol. The second-order valence-corrected chi connectivity index (χ2v) is 8.08. The van der Waals surface area contributed by atoms with Gasteiger partial charge in [0.05, 0.1) is 6.54 Å². The van der Waals surface area contributed by atoms with Crippen LogP contribution in [0.2, 0.25) is 0 Å². The molecule has 0 bridgehead atoms. The molecule has 142 valence electrons. The molecule has 1 aromatic carbocycles. The first-order chi connectivity index (χ1) is 12.1. The number of carbonyl (C=O) groups is 3. The fourth-order valence-corrected chi connectivity index (χ4v) is 3.16. The number of aliphatic carboxylic acids is 1. The first kappa shape index (κ1) is 19.9. The highest BCUT2D eigenvalue weighted by Gasteiger charge is 2.34. The smallest absolute Gasteiger partial charge is 0.326 e. The summed E-state index contributed by atoms with van der Waals surface area (Å²) in [6.07, 6.45) is 1.22. The molecule has 1 aliphatic rings. The predicted molar refractivity (Wildman–Crippen MR) is 99.0 cm³/mol. The summed E-state index contributed by atoms with van der Waals surface area (Å²) in [4.78, 5) is 37.4. The van der Waals surface area contributed by atoms with Gasteiger partial charge >= 0.3 is 5.97 Å². The van der Waals surface area contributed by atoms with Crippen molar-refractivity contribution in [2.75, 3.05) is 13.1 Å². The lowest BCUT2D eigenvalue weighted by Crippen LogP contribution is -2.52. The maximum Gasteiger partial charge on any atom is 0.326 e. The van der Waals surface area contributed by atoms with Crippen LogP contribution in [-0.2, 0) is 15.0 Å². The van der Waals surface area contributed by atoms with E-state index in [1.54, 1.807) is 12.1 Å². The minimum Gasteiger partial charge on any atom is -0.480 e. The number of piperidine rings is 1. The van der Waals surface area contributed by atoms with Crippen molar-refractivity contribution in [2.45, 2.75) is 52.0 Å². The third-order valence-corrected chi connectivity index (χ3v) is 4.88. The van der Waals surface area contributed by atoms with E-state index in [2.05, 4.69) is 26.1 Å². The number of nitrogens with zero attached hydrogens (tertiary/aromatic N) is 1. The Kier molecular flexibility index (Phi) is 6.05. The number of carboxylic acid groups (broad SMARTS) is 1. The molecule has 2 amide bonds. The molecule has 1 aromatic rings. The van der Waals surface area contributed by atoms with Gasteiger partial charge in [0.2, 0.25) is 5.91 Å². The summed E-state index contributed by atoms with van der Waals surface area (Å²) in [5, 5.41) is 11.9. The van der Waals surface area contributed by atoms with Gasteiger partial charge in [-0.05, 0) is 41.9 Å². The summed E-state index contributed by atoms with van der Waals surface area (Å²) >= 11 is 0. The van der Waals surface area contributed by atoms with E-state index in [-0.39, 0.29) is 29.7 Å². The number of benzene rings is 1. The number of rotatable bonds is 4.